The Balaban J connectivity index is 1.99. The highest BCUT2D eigenvalue weighted by molar-refractivity contribution is 6.33. The van der Waals surface area contributed by atoms with Crippen molar-refractivity contribution < 1.29 is 18.8 Å². The SMILES string of the molecule is CN(CC(=O)Nc1ccccc1Cl)CC(=O)N(CCC(N)=O)c1ccc(F)cc1. The maximum atomic E-state index is 13.2. The summed E-state index contributed by atoms with van der Waals surface area (Å²) in [6.07, 6.45) is -0.0418. The van der Waals surface area contributed by atoms with Gasteiger partial charge in [-0.15, -0.1) is 0 Å². The summed E-state index contributed by atoms with van der Waals surface area (Å²) in [5.74, 6) is -1.69. The van der Waals surface area contributed by atoms with Crippen molar-refractivity contribution >= 4 is 40.7 Å². The van der Waals surface area contributed by atoms with Gasteiger partial charge in [0.2, 0.25) is 17.7 Å². The number of hydrogen-bond acceptors (Lipinski definition) is 4. The van der Waals surface area contributed by atoms with Crippen LogP contribution >= 0.6 is 11.6 Å². The van der Waals surface area contributed by atoms with Gasteiger partial charge < -0.3 is 16.0 Å². The van der Waals surface area contributed by atoms with E-state index in [-0.39, 0.29) is 37.9 Å². The Morgan fingerprint density at radius 1 is 1.07 bits per heavy atom. The number of carbonyl (C=O) groups excluding carboxylic acids is 3. The highest BCUT2D eigenvalue weighted by Crippen LogP contribution is 2.20. The molecule has 2 aromatic carbocycles. The summed E-state index contributed by atoms with van der Waals surface area (Å²) < 4.78 is 13.2. The molecule has 0 aliphatic heterocycles. The zero-order valence-electron chi connectivity index (χ0n) is 15.9. The van der Waals surface area contributed by atoms with Crippen LogP contribution in [-0.4, -0.2) is 49.3 Å². The van der Waals surface area contributed by atoms with Crippen molar-refractivity contribution in [1.29, 1.82) is 0 Å². The molecule has 29 heavy (non-hydrogen) atoms. The number of hydrogen-bond donors (Lipinski definition) is 2. The third-order valence-corrected chi connectivity index (χ3v) is 4.32. The number of carbonyl (C=O) groups is 3. The zero-order chi connectivity index (χ0) is 21.4. The third-order valence-electron chi connectivity index (χ3n) is 3.99. The summed E-state index contributed by atoms with van der Waals surface area (Å²) >= 11 is 6.02. The van der Waals surface area contributed by atoms with E-state index in [1.54, 1.807) is 31.3 Å². The summed E-state index contributed by atoms with van der Waals surface area (Å²) in [7, 11) is 1.61. The van der Waals surface area contributed by atoms with Gasteiger partial charge in [0.1, 0.15) is 5.82 Å². The second-order valence-corrected chi connectivity index (χ2v) is 6.85. The Kier molecular flexibility index (Phi) is 8.11. The summed E-state index contributed by atoms with van der Waals surface area (Å²) in [4.78, 5) is 38.9. The van der Waals surface area contributed by atoms with Gasteiger partial charge in [0.15, 0.2) is 0 Å². The quantitative estimate of drug-likeness (QED) is 0.650. The molecule has 3 amide bonds. The fraction of sp³-hybridized carbons (Fsp3) is 0.250. The third kappa shape index (κ3) is 7.17. The number of anilines is 2. The first-order valence-electron chi connectivity index (χ1n) is 8.83. The van der Waals surface area contributed by atoms with Gasteiger partial charge in [-0.3, -0.25) is 19.3 Å². The molecule has 0 heterocycles. The van der Waals surface area contributed by atoms with Crippen molar-refractivity contribution in [3.8, 4) is 0 Å². The van der Waals surface area contributed by atoms with Crippen LogP contribution < -0.4 is 16.0 Å². The summed E-state index contributed by atoms with van der Waals surface area (Å²) in [6.45, 7) is -0.0877. The van der Waals surface area contributed by atoms with Crippen LogP contribution in [0.1, 0.15) is 6.42 Å². The normalized spacial score (nSPS) is 10.6. The van der Waals surface area contributed by atoms with Crippen molar-refractivity contribution in [2.24, 2.45) is 5.73 Å². The summed E-state index contributed by atoms with van der Waals surface area (Å²) in [5, 5.41) is 3.09. The first-order chi connectivity index (χ1) is 13.8. The number of nitrogens with one attached hydrogen (secondary N) is 1. The Hall–Kier alpha value is -2.97. The largest absolute Gasteiger partial charge is 0.370 e. The molecule has 2 aromatic rings. The monoisotopic (exact) mass is 420 g/mol. The summed E-state index contributed by atoms with van der Waals surface area (Å²) in [6, 6.07) is 12.2. The van der Waals surface area contributed by atoms with Crippen LogP contribution in [-0.2, 0) is 14.4 Å². The second kappa shape index (κ2) is 10.5. The van der Waals surface area contributed by atoms with Crippen LogP contribution in [0.25, 0.3) is 0 Å². The Labute approximate surface area is 173 Å². The van der Waals surface area contributed by atoms with Gasteiger partial charge in [-0.1, -0.05) is 23.7 Å². The smallest absolute Gasteiger partial charge is 0.241 e. The molecule has 0 fully saturated rings. The first-order valence-corrected chi connectivity index (χ1v) is 9.21. The van der Waals surface area contributed by atoms with Crippen molar-refractivity contribution in [2.45, 2.75) is 6.42 Å². The van der Waals surface area contributed by atoms with Gasteiger partial charge in [-0.25, -0.2) is 4.39 Å². The highest BCUT2D eigenvalue weighted by atomic mass is 35.5. The lowest BCUT2D eigenvalue weighted by molar-refractivity contribution is -0.121. The number of para-hydroxylation sites is 1. The molecule has 0 atom stereocenters. The fourth-order valence-electron chi connectivity index (χ4n) is 2.61. The minimum atomic E-state index is -0.558. The van der Waals surface area contributed by atoms with Crippen molar-refractivity contribution in [1.82, 2.24) is 4.90 Å². The first kappa shape index (κ1) is 22.3. The molecule has 0 saturated heterocycles. The Morgan fingerprint density at radius 2 is 1.72 bits per heavy atom. The van der Waals surface area contributed by atoms with Crippen LogP contribution in [0.3, 0.4) is 0 Å². The number of nitrogens with zero attached hydrogens (tertiary/aromatic N) is 2. The molecule has 0 saturated carbocycles. The van der Waals surface area contributed by atoms with E-state index in [1.807, 2.05) is 0 Å². The van der Waals surface area contributed by atoms with Gasteiger partial charge >= 0.3 is 0 Å². The molecule has 0 unspecified atom stereocenters. The van der Waals surface area contributed by atoms with E-state index in [4.69, 9.17) is 17.3 Å². The molecule has 0 aliphatic carbocycles. The molecule has 3 N–H and O–H groups in total. The Bertz CT molecular complexity index is 876. The number of rotatable bonds is 9. The molecule has 0 radical (unpaired) electrons. The van der Waals surface area contributed by atoms with E-state index < -0.39 is 11.7 Å². The lowest BCUT2D eigenvalue weighted by atomic mass is 10.2. The summed E-state index contributed by atoms with van der Waals surface area (Å²) in [5.41, 5.74) is 6.10. The Morgan fingerprint density at radius 3 is 2.34 bits per heavy atom. The van der Waals surface area contributed by atoms with Crippen molar-refractivity contribution in [2.75, 3.05) is 36.9 Å². The molecule has 0 aliphatic rings. The molecule has 0 bridgehead atoms. The van der Waals surface area contributed by atoms with Crippen molar-refractivity contribution in [3.05, 3.63) is 59.4 Å². The maximum absolute atomic E-state index is 13.2. The molecule has 2 rings (SSSR count). The number of likely N-dealkylation sites (N-methyl/N-ethyl adjacent to an activating group) is 1. The van der Waals surface area contributed by atoms with Crippen LogP contribution in [0, 0.1) is 5.82 Å². The van der Waals surface area contributed by atoms with Crippen LogP contribution in [0.4, 0.5) is 15.8 Å². The van der Waals surface area contributed by atoms with E-state index in [0.29, 0.717) is 16.4 Å². The van der Waals surface area contributed by atoms with E-state index >= 15 is 0 Å². The highest BCUT2D eigenvalue weighted by Gasteiger charge is 2.19. The van der Waals surface area contributed by atoms with Crippen LogP contribution in [0.2, 0.25) is 5.02 Å². The zero-order valence-corrected chi connectivity index (χ0v) is 16.7. The lowest BCUT2D eigenvalue weighted by Crippen LogP contribution is -2.42. The molecule has 0 aromatic heterocycles. The topological polar surface area (TPSA) is 95.7 Å². The molecular weight excluding hydrogens is 399 g/mol. The van der Waals surface area contributed by atoms with Crippen LogP contribution in [0.5, 0.6) is 0 Å². The minimum absolute atomic E-state index is 0.0418. The number of primary amides is 1. The standard InChI is InChI=1S/C20H22ClFN4O3/c1-25(12-19(28)24-17-5-3-2-4-16(17)21)13-20(29)26(11-10-18(23)27)15-8-6-14(22)7-9-15/h2-9H,10-13H2,1H3,(H2,23,27)(H,24,28). The van der Waals surface area contributed by atoms with Crippen LogP contribution in [0.15, 0.2) is 48.5 Å². The average Bonchev–Trinajstić information content (AvgIpc) is 2.64. The molecule has 7 nitrogen and oxygen atoms in total. The predicted molar refractivity (Wildman–Crippen MR) is 110 cm³/mol. The van der Waals surface area contributed by atoms with E-state index in [2.05, 4.69) is 5.32 Å². The van der Waals surface area contributed by atoms with Crippen molar-refractivity contribution in [3.63, 3.8) is 0 Å². The number of amides is 3. The number of benzene rings is 2. The van der Waals surface area contributed by atoms with Gasteiger partial charge in [0, 0.05) is 18.7 Å². The van der Waals surface area contributed by atoms with E-state index in [1.165, 1.54) is 34.1 Å². The number of nitrogens with two attached hydrogens (primary N) is 1. The molecular formula is C20H22ClFN4O3. The lowest BCUT2D eigenvalue weighted by Gasteiger charge is -2.25. The van der Waals surface area contributed by atoms with Gasteiger partial charge in [0.05, 0.1) is 23.8 Å². The maximum Gasteiger partial charge on any atom is 0.241 e. The van der Waals surface area contributed by atoms with Gasteiger partial charge in [-0.05, 0) is 43.4 Å². The minimum Gasteiger partial charge on any atom is -0.370 e. The average molecular weight is 421 g/mol. The van der Waals surface area contributed by atoms with E-state index in [9.17, 15) is 18.8 Å². The number of halogens is 2. The fourth-order valence-corrected chi connectivity index (χ4v) is 2.79. The predicted octanol–water partition coefficient (Wildman–Crippen LogP) is 2.26. The van der Waals surface area contributed by atoms with Gasteiger partial charge in [0.25, 0.3) is 0 Å². The molecule has 0 spiro atoms. The van der Waals surface area contributed by atoms with E-state index in [0.717, 1.165) is 0 Å². The second-order valence-electron chi connectivity index (χ2n) is 6.44. The van der Waals surface area contributed by atoms with Gasteiger partial charge in [-0.2, -0.15) is 0 Å². The molecule has 154 valence electrons. The molecule has 9 heteroatoms.